The van der Waals surface area contributed by atoms with Crippen molar-refractivity contribution >= 4 is 50.8 Å². The highest BCUT2D eigenvalue weighted by Crippen LogP contribution is 2.68. The van der Waals surface area contributed by atoms with Gasteiger partial charge in [0.15, 0.2) is 5.78 Å². The fraction of sp³-hybridized carbons (Fsp3) is 0.226. The SMILES string of the molecule is Cc1cc(C(=O)O)ccc1N1C(=O)C2C(C1=O)[C@]1(C)C(=O)[C@@]2(C)c2c1c1ccccc1c1ccccc21. The topological polar surface area (TPSA) is 91.8 Å². The number of ketones is 1. The number of carboxylic acid groups (broad SMARTS) is 1. The molecule has 2 aliphatic carbocycles. The molecule has 37 heavy (non-hydrogen) atoms. The van der Waals surface area contributed by atoms with Crippen molar-refractivity contribution in [1.29, 1.82) is 0 Å². The Kier molecular flexibility index (Phi) is 3.97. The van der Waals surface area contributed by atoms with Crippen LogP contribution in [0, 0.1) is 18.8 Å². The van der Waals surface area contributed by atoms with Crippen LogP contribution in [0.4, 0.5) is 5.69 Å². The van der Waals surface area contributed by atoms with Crippen LogP contribution in [0.15, 0.2) is 66.7 Å². The Bertz CT molecular complexity index is 1690. The minimum Gasteiger partial charge on any atom is -0.478 e. The van der Waals surface area contributed by atoms with E-state index in [9.17, 15) is 24.3 Å². The minimum atomic E-state index is -1.16. The van der Waals surface area contributed by atoms with Crippen molar-refractivity contribution in [2.24, 2.45) is 11.8 Å². The summed E-state index contributed by atoms with van der Waals surface area (Å²) in [4.78, 5) is 55.1. The first kappa shape index (κ1) is 21.9. The van der Waals surface area contributed by atoms with Gasteiger partial charge in [0.2, 0.25) is 11.8 Å². The highest BCUT2D eigenvalue weighted by atomic mass is 16.4. The number of fused-ring (bicyclic) bond motifs is 13. The van der Waals surface area contributed by atoms with Crippen molar-refractivity contribution in [3.05, 3.63) is 89.0 Å². The predicted octanol–water partition coefficient (Wildman–Crippen LogP) is 4.92. The predicted molar refractivity (Wildman–Crippen MR) is 139 cm³/mol. The van der Waals surface area contributed by atoms with Gasteiger partial charge in [0, 0.05) is 0 Å². The molecule has 0 spiro atoms. The van der Waals surface area contributed by atoms with Gasteiger partial charge >= 0.3 is 5.97 Å². The second kappa shape index (κ2) is 6.71. The first-order valence-electron chi connectivity index (χ1n) is 12.3. The van der Waals surface area contributed by atoms with E-state index in [4.69, 9.17) is 0 Å². The van der Waals surface area contributed by atoms with Crippen molar-refractivity contribution in [2.45, 2.75) is 31.6 Å². The van der Waals surface area contributed by atoms with Gasteiger partial charge in [-0.1, -0.05) is 48.5 Å². The number of aryl methyl sites for hydroxylation is 1. The number of rotatable bonds is 2. The van der Waals surface area contributed by atoms with Crippen LogP contribution in [0.3, 0.4) is 0 Å². The number of imide groups is 1. The van der Waals surface area contributed by atoms with E-state index in [0.717, 1.165) is 32.7 Å². The maximum absolute atomic E-state index is 14.3. The van der Waals surface area contributed by atoms with E-state index in [1.807, 2.05) is 62.4 Å². The largest absolute Gasteiger partial charge is 0.478 e. The van der Waals surface area contributed by atoms with Gasteiger partial charge < -0.3 is 5.11 Å². The molecule has 4 atom stereocenters. The van der Waals surface area contributed by atoms with Gasteiger partial charge in [0.05, 0.1) is 33.9 Å². The van der Waals surface area contributed by atoms with Gasteiger partial charge in [0.25, 0.3) is 0 Å². The number of carboxylic acids is 1. The van der Waals surface area contributed by atoms with Gasteiger partial charge in [0.1, 0.15) is 0 Å². The summed E-state index contributed by atoms with van der Waals surface area (Å²) in [5, 5.41) is 13.3. The molecule has 7 rings (SSSR count). The second-order valence-corrected chi connectivity index (χ2v) is 10.8. The molecule has 1 heterocycles. The van der Waals surface area contributed by atoms with Crippen molar-refractivity contribution in [3.8, 4) is 0 Å². The van der Waals surface area contributed by atoms with Gasteiger partial charge in [-0.2, -0.15) is 0 Å². The van der Waals surface area contributed by atoms with E-state index >= 15 is 0 Å². The molecule has 0 radical (unpaired) electrons. The van der Waals surface area contributed by atoms with Crippen LogP contribution in [0.2, 0.25) is 0 Å². The third kappa shape index (κ3) is 2.28. The lowest BCUT2D eigenvalue weighted by Crippen LogP contribution is -2.42. The van der Waals surface area contributed by atoms with E-state index in [1.165, 1.54) is 23.1 Å². The molecule has 1 aliphatic heterocycles. The lowest BCUT2D eigenvalue weighted by molar-refractivity contribution is -0.131. The van der Waals surface area contributed by atoms with Gasteiger partial charge in [-0.15, -0.1) is 0 Å². The molecule has 182 valence electrons. The Morgan fingerprint density at radius 1 is 0.757 bits per heavy atom. The molecule has 1 saturated carbocycles. The summed E-state index contributed by atoms with van der Waals surface area (Å²) in [6, 6.07) is 20.3. The second-order valence-electron chi connectivity index (χ2n) is 10.8. The van der Waals surface area contributed by atoms with Crippen molar-refractivity contribution in [1.82, 2.24) is 0 Å². The van der Waals surface area contributed by atoms with Crippen LogP contribution in [-0.2, 0) is 25.2 Å². The van der Waals surface area contributed by atoms with Gasteiger partial charge in [-0.05, 0) is 77.2 Å². The molecular formula is C31H23NO5. The van der Waals surface area contributed by atoms with E-state index in [-0.39, 0.29) is 11.3 Å². The standard InChI is InChI=1S/C31H23NO5/c1-15-14-16(28(35)36)12-13-21(15)32-26(33)24-25(27(32)34)31(3)23-20-11-7-5-9-18(20)17-8-4-6-10-19(17)22(23)30(24,2)29(31)37/h4-14,24-25H,1-3H3,(H,35,36)/t24?,25?,30-,31+. The maximum atomic E-state index is 14.3. The van der Waals surface area contributed by atoms with E-state index < -0.39 is 40.4 Å². The number of carbonyl (C=O) groups is 4. The number of Topliss-reactive ketones (excluding diaryl/α,β-unsaturated/α-hetero) is 1. The number of hydrogen-bond acceptors (Lipinski definition) is 4. The van der Waals surface area contributed by atoms with E-state index in [2.05, 4.69) is 0 Å². The molecule has 3 aliphatic rings. The van der Waals surface area contributed by atoms with Gasteiger partial charge in [-0.25, -0.2) is 9.69 Å². The molecular weight excluding hydrogens is 466 g/mol. The summed E-state index contributed by atoms with van der Waals surface area (Å²) < 4.78 is 0. The summed E-state index contributed by atoms with van der Waals surface area (Å²) in [5.74, 6) is -3.61. The molecule has 2 fully saturated rings. The molecule has 2 bridgehead atoms. The lowest BCUT2D eigenvalue weighted by atomic mass is 9.63. The zero-order valence-corrected chi connectivity index (χ0v) is 20.5. The van der Waals surface area contributed by atoms with Crippen molar-refractivity contribution in [3.63, 3.8) is 0 Å². The minimum absolute atomic E-state index is 0.0780. The molecule has 6 nitrogen and oxygen atoms in total. The normalized spacial score (nSPS) is 27.9. The average molecular weight is 490 g/mol. The van der Waals surface area contributed by atoms with Crippen molar-refractivity contribution in [2.75, 3.05) is 4.90 Å². The molecule has 1 saturated heterocycles. The fourth-order valence-electron chi connectivity index (χ4n) is 7.69. The molecule has 0 aromatic heterocycles. The maximum Gasteiger partial charge on any atom is 0.335 e. The molecule has 2 unspecified atom stereocenters. The molecule has 6 heteroatoms. The Hall–Kier alpha value is -4.32. The highest BCUT2D eigenvalue weighted by molar-refractivity contribution is 6.32. The summed E-state index contributed by atoms with van der Waals surface area (Å²) in [6.07, 6.45) is 0. The number of nitrogens with zero attached hydrogens (tertiary/aromatic N) is 1. The highest BCUT2D eigenvalue weighted by Gasteiger charge is 2.78. The van der Waals surface area contributed by atoms with Crippen LogP contribution < -0.4 is 4.90 Å². The van der Waals surface area contributed by atoms with E-state index in [1.54, 1.807) is 6.92 Å². The van der Waals surface area contributed by atoms with E-state index in [0.29, 0.717) is 11.3 Å². The van der Waals surface area contributed by atoms with Crippen LogP contribution in [0.25, 0.3) is 21.5 Å². The fourth-order valence-corrected chi connectivity index (χ4v) is 7.69. The summed E-state index contributed by atoms with van der Waals surface area (Å²) in [5.41, 5.74) is 0.369. The number of carbonyl (C=O) groups excluding carboxylic acids is 3. The monoisotopic (exact) mass is 489 g/mol. The lowest BCUT2D eigenvalue weighted by Gasteiger charge is -2.35. The summed E-state index contributed by atoms with van der Waals surface area (Å²) in [6.45, 7) is 5.36. The van der Waals surface area contributed by atoms with Crippen LogP contribution in [-0.4, -0.2) is 28.7 Å². The Balaban J connectivity index is 1.52. The van der Waals surface area contributed by atoms with Crippen LogP contribution >= 0.6 is 0 Å². The smallest absolute Gasteiger partial charge is 0.335 e. The molecule has 1 N–H and O–H groups in total. The average Bonchev–Trinajstić information content (AvgIpc) is 3.34. The number of hydrogen-bond donors (Lipinski definition) is 1. The third-order valence-electron chi connectivity index (χ3n) is 9.15. The third-order valence-corrected chi connectivity index (χ3v) is 9.15. The zero-order chi connectivity index (χ0) is 26.0. The number of amides is 2. The Morgan fingerprint density at radius 2 is 1.22 bits per heavy atom. The van der Waals surface area contributed by atoms with Gasteiger partial charge in [-0.3, -0.25) is 14.4 Å². The number of aromatic carboxylic acids is 1. The number of anilines is 1. The Morgan fingerprint density at radius 3 is 1.65 bits per heavy atom. The zero-order valence-electron chi connectivity index (χ0n) is 20.5. The quantitative estimate of drug-likeness (QED) is 0.319. The first-order valence-corrected chi connectivity index (χ1v) is 12.3. The summed E-state index contributed by atoms with van der Waals surface area (Å²) >= 11 is 0. The molecule has 4 aromatic rings. The van der Waals surface area contributed by atoms with Crippen molar-refractivity contribution < 1.29 is 24.3 Å². The van der Waals surface area contributed by atoms with Crippen LogP contribution in [0.1, 0.15) is 40.9 Å². The summed E-state index contributed by atoms with van der Waals surface area (Å²) in [7, 11) is 0. The number of benzene rings is 4. The molecule has 2 amide bonds. The first-order chi connectivity index (χ1) is 17.6. The molecule has 4 aromatic carbocycles. The van der Waals surface area contributed by atoms with Crippen LogP contribution in [0.5, 0.6) is 0 Å². The Labute approximate surface area is 212 Å².